The zero-order chi connectivity index (χ0) is 15.7. The summed E-state index contributed by atoms with van der Waals surface area (Å²) >= 11 is 0. The van der Waals surface area contributed by atoms with Crippen LogP contribution >= 0.6 is 0 Å². The van der Waals surface area contributed by atoms with Gasteiger partial charge in [-0.15, -0.1) is 0 Å². The van der Waals surface area contributed by atoms with Crippen molar-refractivity contribution in [1.82, 2.24) is 0 Å². The highest BCUT2D eigenvalue weighted by Crippen LogP contribution is 2.42. The van der Waals surface area contributed by atoms with E-state index in [9.17, 15) is 0 Å². The van der Waals surface area contributed by atoms with Crippen molar-refractivity contribution in [3.63, 3.8) is 0 Å². The van der Waals surface area contributed by atoms with Crippen LogP contribution in [-0.4, -0.2) is 0 Å². The average Bonchev–Trinajstić information content (AvgIpc) is 2.46. The Morgan fingerprint density at radius 3 is 1.82 bits per heavy atom. The SMILES string of the molecule is CC(C)c1cc(C2CCCCC2)cc(C(C)C)c1C1OOO1. The smallest absolute Gasteiger partial charge is 0.165 e. The predicted molar refractivity (Wildman–Crippen MR) is 86.4 cm³/mol. The van der Waals surface area contributed by atoms with Gasteiger partial charge < -0.3 is 0 Å². The summed E-state index contributed by atoms with van der Waals surface area (Å²) < 4.78 is 0. The van der Waals surface area contributed by atoms with Crippen molar-refractivity contribution in [2.24, 2.45) is 0 Å². The summed E-state index contributed by atoms with van der Waals surface area (Å²) in [5.41, 5.74) is 5.38. The Morgan fingerprint density at radius 1 is 0.864 bits per heavy atom. The number of hydrogen-bond acceptors (Lipinski definition) is 3. The van der Waals surface area contributed by atoms with Gasteiger partial charge in [-0.25, -0.2) is 0 Å². The molecule has 0 N–H and O–H groups in total. The van der Waals surface area contributed by atoms with E-state index in [0.717, 1.165) is 5.92 Å². The molecule has 3 heteroatoms. The second-order valence-corrected chi connectivity index (χ2v) is 7.35. The quantitative estimate of drug-likeness (QED) is 0.651. The first-order valence-electron chi connectivity index (χ1n) is 8.74. The minimum absolute atomic E-state index is 0.366. The lowest BCUT2D eigenvalue weighted by Gasteiger charge is -2.31. The van der Waals surface area contributed by atoms with Gasteiger partial charge in [-0.05, 0) is 47.3 Å². The Labute approximate surface area is 133 Å². The molecule has 2 aliphatic rings. The fourth-order valence-corrected chi connectivity index (χ4v) is 3.80. The van der Waals surface area contributed by atoms with Gasteiger partial charge in [-0.2, -0.15) is 9.78 Å². The molecule has 0 radical (unpaired) electrons. The zero-order valence-electron chi connectivity index (χ0n) is 14.2. The van der Waals surface area contributed by atoms with Crippen LogP contribution in [0.15, 0.2) is 12.1 Å². The van der Waals surface area contributed by atoms with Crippen LogP contribution in [0.5, 0.6) is 0 Å². The topological polar surface area (TPSA) is 27.7 Å². The van der Waals surface area contributed by atoms with Gasteiger partial charge in [0.25, 0.3) is 6.29 Å². The van der Waals surface area contributed by atoms with Crippen molar-refractivity contribution in [3.8, 4) is 0 Å². The fourth-order valence-electron chi connectivity index (χ4n) is 3.80. The van der Waals surface area contributed by atoms with Crippen LogP contribution in [0.3, 0.4) is 0 Å². The Bertz CT molecular complexity index is 482. The predicted octanol–water partition coefficient (Wildman–Crippen LogP) is 5.87. The van der Waals surface area contributed by atoms with E-state index >= 15 is 0 Å². The molecule has 1 aromatic rings. The molecule has 0 spiro atoms. The van der Waals surface area contributed by atoms with Crippen LogP contribution < -0.4 is 0 Å². The molecular weight excluding hydrogens is 276 g/mol. The third-order valence-electron chi connectivity index (χ3n) is 5.08. The summed E-state index contributed by atoms with van der Waals surface area (Å²) in [7, 11) is 0. The number of rotatable bonds is 4. The van der Waals surface area contributed by atoms with Gasteiger partial charge in [-0.3, -0.25) is 0 Å². The van der Waals surface area contributed by atoms with Gasteiger partial charge in [0.1, 0.15) is 0 Å². The van der Waals surface area contributed by atoms with E-state index < -0.39 is 0 Å². The summed E-state index contributed by atoms with van der Waals surface area (Å²) in [6.07, 6.45) is 6.41. The molecule has 1 heterocycles. The van der Waals surface area contributed by atoms with Gasteiger partial charge in [-0.1, -0.05) is 64.1 Å². The van der Waals surface area contributed by atoms with Crippen LogP contribution in [0, 0.1) is 0 Å². The summed E-state index contributed by atoms with van der Waals surface area (Å²) in [6.45, 7) is 8.97. The molecule has 0 atom stereocenters. The number of benzene rings is 1. The van der Waals surface area contributed by atoms with E-state index in [-0.39, 0.29) is 6.29 Å². The minimum Gasteiger partial charge on any atom is -0.165 e. The van der Waals surface area contributed by atoms with Crippen LogP contribution in [0.4, 0.5) is 0 Å². The highest BCUT2D eigenvalue weighted by Gasteiger charge is 2.32. The van der Waals surface area contributed by atoms with E-state index in [0.29, 0.717) is 11.8 Å². The first-order chi connectivity index (χ1) is 10.6. The normalized spacial score (nSPS) is 20.6. The van der Waals surface area contributed by atoms with E-state index in [1.54, 1.807) is 0 Å². The summed E-state index contributed by atoms with van der Waals surface area (Å²) in [5.74, 6) is 1.62. The Balaban J connectivity index is 2.05. The van der Waals surface area contributed by atoms with Gasteiger partial charge in [0.2, 0.25) is 0 Å². The fraction of sp³-hybridized carbons (Fsp3) is 0.684. The third kappa shape index (κ3) is 3.08. The first kappa shape index (κ1) is 16.0. The van der Waals surface area contributed by atoms with Crippen LogP contribution in [0.1, 0.15) is 106 Å². The summed E-state index contributed by atoms with van der Waals surface area (Å²) in [5, 5.41) is 4.51. The largest absolute Gasteiger partial charge is 0.256 e. The van der Waals surface area contributed by atoms with Crippen LogP contribution in [0.2, 0.25) is 0 Å². The minimum atomic E-state index is -0.366. The maximum absolute atomic E-state index is 5.16. The summed E-state index contributed by atoms with van der Waals surface area (Å²) in [4.78, 5) is 10.3. The molecule has 22 heavy (non-hydrogen) atoms. The van der Waals surface area contributed by atoms with Crippen molar-refractivity contribution in [2.75, 3.05) is 0 Å². The highest BCUT2D eigenvalue weighted by molar-refractivity contribution is 5.44. The molecule has 0 aromatic heterocycles. The lowest BCUT2D eigenvalue weighted by molar-refractivity contribution is -0.698. The van der Waals surface area contributed by atoms with Crippen molar-refractivity contribution in [2.45, 2.75) is 83.8 Å². The second-order valence-electron chi connectivity index (χ2n) is 7.35. The number of hydrogen-bond donors (Lipinski definition) is 0. The standard InChI is InChI=1S/C19H28O3/c1-12(2)16-10-15(14-8-6-5-7-9-14)11-17(13(3)4)18(16)19-20-22-21-19/h10-14,19H,5-9H2,1-4H3. The van der Waals surface area contributed by atoms with Crippen molar-refractivity contribution in [3.05, 3.63) is 34.4 Å². The molecule has 3 nitrogen and oxygen atoms in total. The monoisotopic (exact) mass is 304 g/mol. The molecule has 1 saturated heterocycles. The van der Waals surface area contributed by atoms with Crippen molar-refractivity contribution >= 4 is 0 Å². The molecule has 1 aliphatic carbocycles. The highest BCUT2D eigenvalue weighted by atomic mass is 17.6. The van der Waals surface area contributed by atoms with Crippen molar-refractivity contribution < 1.29 is 14.8 Å². The van der Waals surface area contributed by atoms with Gasteiger partial charge in [0.05, 0.1) is 0 Å². The van der Waals surface area contributed by atoms with Crippen molar-refractivity contribution in [1.29, 1.82) is 0 Å². The van der Waals surface area contributed by atoms with E-state index in [1.807, 2.05) is 0 Å². The van der Waals surface area contributed by atoms with Crippen LogP contribution in [0.25, 0.3) is 0 Å². The Kier molecular flexibility index (Phi) is 4.86. The van der Waals surface area contributed by atoms with Gasteiger partial charge in [0, 0.05) is 5.56 Å². The molecule has 0 bridgehead atoms. The lowest BCUT2D eigenvalue weighted by atomic mass is 9.79. The molecule has 1 aliphatic heterocycles. The summed E-state index contributed by atoms with van der Waals surface area (Å²) in [6, 6.07) is 4.79. The van der Waals surface area contributed by atoms with E-state index in [4.69, 9.17) is 9.78 Å². The maximum atomic E-state index is 5.16. The lowest BCUT2D eigenvalue weighted by Crippen LogP contribution is -2.24. The molecular formula is C19H28O3. The molecule has 122 valence electrons. The molecule has 3 rings (SSSR count). The third-order valence-corrected chi connectivity index (χ3v) is 5.08. The molecule has 0 amide bonds. The Morgan fingerprint density at radius 2 is 1.41 bits per heavy atom. The second kappa shape index (κ2) is 6.69. The first-order valence-corrected chi connectivity index (χ1v) is 8.74. The maximum Gasteiger partial charge on any atom is 0.256 e. The molecule has 1 saturated carbocycles. The van der Waals surface area contributed by atoms with Gasteiger partial charge >= 0.3 is 0 Å². The van der Waals surface area contributed by atoms with E-state index in [2.05, 4.69) is 44.9 Å². The molecule has 1 aromatic carbocycles. The average molecular weight is 304 g/mol. The molecule has 0 unspecified atom stereocenters. The zero-order valence-corrected chi connectivity index (χ0v) is 14.2. The molecule has 2 fully saturated rings. The van der Waals surface area contributed by atoms with Gasteiger partial charge in [0.15, 0.2) is 0 Å². The Hall–Kier alpha value is -0.900. The van der Waals surface area contributed by atoms with Crippen LogP contribution in [-0.2, 0) is 14.8 Å². The van der Waals surface area contributed by atoms with E-state index in [1.165, 1.54) is 54.4 Å².